The zero-order chi connectivity index (χ0) is 9.68. The van der Waals surface area contributed by atoms with Gasteiger partial charge in [-0.3, -0.25) is 4.79 Å². The number of esters is 1. The first-order valence-corrected chi connectivity index (χ1v) is 5.02. The molecule has 0 bridgehead atoms. The second kappa shape index (κ2) is 7.07. The molecule has 1 aliphatic heterocycles. The highest BCUT2D eigenvalue weighted by Gasteiger charge is 2.18. The molecule has 1 fully saturated rings. The number of hydrogen-bond acceptors (Lipinski definition) is 3. The summed E-state index contributed by atoms with van der Waals surface area (Å²) in [6.45, 7) is 3.26. The molecule has 0 amide bonds. The quantitative estimate of drug-likeness (QED) is 0.738. The van der Waals surface area contributed by atoms with E-state index in [1.54, 1.807) is 0 Å². The topological polar surface area (TPSA) is 38.3 Å². The van der Waals surface area contributed by atoms with Crippen molar-refractivity contribution in [2.75, 3.05) is 13.7 Å². The van der Waals surface area contributed by atoms with Crippen molar-refractivity contribution in [2.24, 2.45) is 5.92 Å². The van der Waals surface area contributed by atoms with Crippen LogP contribution in [0.3, 0.4) is 0 Å². The maximum atomic E-state index is 10.9. The molecule has 1 saturated heterocycles. The second-order valence-corrected chi connectivity index (χ2v) is 3.87. The molecule has 1 rings (SSSR count). The van der Waals surface area contributed by atoms with E-state index in [1.165, 1.54) is 20.0 Å². The van der Waals surface area contributed by atoms with Gasteiger partial charge in [0.15, 0.2) is 0 Å². The predicted octanol–water partition coefficient (Wildman–Crippen LogP) is 1.75. The van der Waals surface area contributed by atoms with Gasteiger partial charge in [-0.25, -0.2) is 0 Å². The van der Waals surface area contributed by atoms with Gasteiger partial charge in [0, 0.05) is 12.5 Å². The lowest BCUT2D eigenvalue weighted by Crippen LogP contribution is -2.36. The van der Waals surface area contributed by atoms with Crippen molar-refractivity contribution in [3.63, 3.8) is 0 Å². The lowest BCUT2D eigenvalue weighted by molar-refractivity contribution is -0.141. The fourth-order valence-electron chi connectivity index (χ4n) is 1.73. The van der Waals surface area contributed by atoms with Gasteiger partial charge >= 0.3 is 5.97 Å². The van der Waals surface area contributed by atoms with Gasteiger partial charge in [0.2, 0.25) is 0 Å². The summed E-state index contributed by atoms with van der Waals surface area (Å²) in [5.41, 5.74) is 0. The average molecular weight is 222 g/mol. The van der Waals surface area contributed by atoms with Gasteiger partial charge in [0.1, 0.15) is 0 Å². The number of ether oxygens (including phenoxy) is 1. The van der Waals surface area contributed by atoms with Crippen LogP contribution in [0, 0.1) is 5.92 Å². The molecule has 3 nitrogen and oxygen atoms in total. The summed E-state index contributed by atoms with van der Waals surface area (Å²) < 4.78 is 4.60. The molecule has 0 spiro atoms. The first-order chi connectivity index (χ1) is 6.22. The van der Waals surface area contributed by atoms with Gasteiger partial charge in [0.05, 0.1) is 7.11 Å². The standard InChI is InChI=1S/C10H19NO2.ClH/c1-8-3-4-9(7-11-8)5-6-10(12)13-2;/h8-9,11H,3-7H2,1-2H3;1H/t8-,9+;/m0./s1. The average Bonchev–Trinajstić information content (AvgIpc) is 2.16. The summed E-state index contributed by atoms with van der Waals surface area (Å²) in [5, 5.41) is 3.42. The number of nitrogens with one attached hydrogen (secondary N) is 1. The number of carbonyl (C=O) groups is 1. The van der Waals surface area contributed by atoms with E-state index in [0.717, 1.165) is 13.0 Å². The molecule has 14 heavy (non-hydrogen) atoms. The van der Waals surface area contributed by atoms with Gasteiger partial charge in [-0.05, 0) is 38.6 Å². The van der Waals surface area contributed by atoms with Crippen LogP contribution < -0.4 is 5.32 Å². The van der Waals surface area contributed by atoms with Gasteiger partial charge < -0.3 is 10.1 Å². The molecule has 0 radical (unpaired) electrons. The van der Waals surface area contributed by atoms with E-state index in [-0.39, 0.29) is 18.4 Å². The van der Waals surface area contributed by atoms with E-state index >= 15 is 0 Å². The van der Waals surface area contributed by atoms with Crippen LogP contribution in [0.1, 0.15) is 32.6 Å². The van der Waals surface area contributed by atoms with E-state index in [4.69, 9.17) is 0 Å². The fraction of sp³-hybridized carbons (Fsp3) is 0.900. The lowest BCUT2D eigenvalue weighted by atomic mass is 9.92. The molecular weight excluding hydrogens is 202 g/mol. The van der Waals surface area contributed by atoms with Gasteiger partial charge in [-0.15, -0.1) is 12.4 Å². The first kappa shape index (κ1) is 13.7. The van der Waals surface area contributed by atoms with Crippen molar-refractivity contribution in [3.05, 3.63) is 0 Å². The molecule has 1 heterocycles. The van der Waals surface area contributed by atoms with Crippen LogP contribution >= 0.6 is 12.4 Å². The largest absolute Gasteiger partial charge is 0.469 e. The third-order valence-corrected chi connectivity index (χ3v) is 2.75. The number of halogens is 1. The predicted molar refractivity (Wildman–Crippen MR) is 58.7 cm³/mol. The summed E-state index contributed by atoms with van der Waals surface area (Å²) in [6, 6.07) is 0.648. The second-order valence-electron chi connectivity index (χ2n) is 3.87. The third-order valence-electron chi connectivity index (χ3n) is 2.75. The minimum Gasteiger partial charge on any atom is -0.469 e. The number of carbonyl (C=O) groups excluding carboxylic acids is 1. The van der Waals surface area contributed by atoms with E-state index in [1.807, 2.05) is 0 Å². The van der Waals surface area contributed by atoms with Crippen molar-refractivity contribution in [1.82, 2.24) is 5.32 Å². The molecule has 0 aromatic carbocycles. The van der Waals surface area contributed by atoms with Crippen LogP contribution in [0.2, 0.25) is 0 Å². The van der Waals surface area contributed by atoms with E-state index in [9.17, 15) is 4.79 Å². The zero-order valence-electron chi connectivity index (χ0n) is 8.91. The first-order valence-electron chi connectivity index (χ1n) is 5.02. The molecule has 0 unspecified atom stereocenters. The number of rotatable bonds is 3. The van der Waals surface area contributed by atoms with Gasteiger partial charge in [-0.2, -0.15) is 0 Å². The van der Waals surface area contributed by atoms with Crippen molar-refractivity contribution in [3.8, 4) is 0 Å². The third kappa shape index (κ3) is 4.82. The van der Waals surface area contributed by atoms with E-state index in [0.29, 0.717) is 18.4 Å². The van der Waals surface area contributed by atoms with Crippen LogP contribution in [0.15, 0.2) is 0 Å². The summed E-state index contributed by atoms with van der Waals surface area (Å²) in [4.78, 5) is 10.9. The van der Waals surface area contributed by atoms with Crippen LogP contribution in [-0.4, -0.2) is 25.7 Å². The Balaban J connectivity index is 0.00000169. The van der Waals surface area contributed by atoms with Crippen molar-refractivity contribution in [1.29, 1.82) is 0 Å². The molecule has 0 aromatic heterocycles. The Morgan fingerprint density at radius 3 is 2.71 bits per heavy atom. The lowest BCUT2D eigenvalue weighted by Gasteiger charge is -2.27. The molecule has 0 aromatic rings. The van der Waals surface area contributed by atoms with Gasteiger partial charge in [0.25, 0.3) is 0 Å². The minimum atomic E-state index is -0.0846. The summed E-state index contributed by atoms with van der Waals surface area (Å²) in [7, 11) is 1.45. The Morgan fingerprint density at radius 2 is 2.21 bits per heavy atom. The maximum Gasteiger partial charge on any atom is 0.305 e. The summed E-state index contributed by atoms with van der Waals surface area (Å²) in [6.07, 6.45) is 4.00. The van der Waals surface area contributed by atoms with Crippen molar-refractivity contribution in [2.45, 2.75) is 38.6 Å². The maximum absolute atomic E-state index is 10.9. The number of piperidine rings is 1. The highest BCUT2D eigenvalue weighted by Crippen LogP contribution is 2.18. The Hall–Kier alpha value is -0.280. The molecule has 0 saturated carbocycles. The van der Waals surface area contributed by atoms with Crippen LogP contribution in [0.25, 0.3) is 0 Å². The Kier molecular flexibility index (Phi) is 6.93. The van der Waals surface area contributed by atoms with Crippen LogP contribution in [0.4, 0.5) is 0 Å². The molecule has 0 aliphatic carbocycles. The monoisotopic (exact) mass is 221 g/mol. The van der Waals surface area contributed by atoms with Crippen LogP contribution in [0.5, 0.6) is 0 Å². The Morgan fingerprint density at radius 1 is 1.50 bits per heavy atom. The summed E-state index contributed by atoms with van der Waals surface area (Å²) in [5.74, 6) is 0.578. The molecule has 4 heteroatoms. The fourth-order valence-corrected chi connectivity index (χ4v) is 1.73. The highest BCUT2D eigenvalue weighted by atomic mass is 35.5. The molecular formula is C10H20ClNO2. The van der Waals surface area contributed by atoms with Crippen LogP contribution in [-0.2, 0) is 9.53 Å². The highest BCUT2D eigenvalue weighted by molar-refractivity contribution is 5.85. The number of hydrogen-bond donors (Lipinski definition) is 1. The Bertz CT molecular complexity index is 168. The smallest absolute Gasteiger partial charge is 0.305 e. The summed E-state index contributed by atoms with van der Waals surface area (Å²) >= 11 is 0. The molecule has 1 N–H and O–H groups in total. The van der Waals surface area contributed by atoms with Crippen molar-refractivity contribution < 1.29 is 9.53 Å². The molecule has 2 atom stereocenters. The van der Waals surface area contributed by atoms with E-state index < -0.39 is 0 Å². The molecule has 1 aliphatic rings. The van der Waals surface area contributed by atoms with E-state index in [2.05, 4.69) is 17.0 Å². The minimum absolute atomic E-state index is 0. The normalized spacial score (nSPS) is 26.4. The SMILES string of the molecule is COC(=O)CC[C@H]1CC[C@H](C)NC1.Cl. The number of methoxy groups -OCH3 is 1. The Labute approximate surface area is 92.0 Å². The zero-order valence-corrected chi connectivity index (χ0v) is 9.73. The van der Waals surface area contributed by atoms with Crippen molar-refractivity contribution >= 4 is 18.4 Å². The van der Waals surface area contributed by atoms with Gasteiger partial charge in [-0.1, -0.05) is 0 Å². The molecule has 84 valence electrons.